The average Bonchev–Trinajstić information content (AvgIpc) is 2.47. The number of nitrogens with zero attached hydrogens (tertiary/aromatic N) is 1. The fourth-order valence-electron chi connectivity index (χ4n) is 1.97. The first-order valence-corrected chi connectivity index (χ1v) is 6.45. The standard InChI is InChI=1S/C14H16N4O2/c15-7-1-4-10-5-2-8-16-12(10)14(20)18-11-6-3-9-17-13(11)19/h2,5,8,11H,3,6-7,9,15H2,(H,17,19)(H,18,20). The Morgan fingerprint density at radius 1 is 1.60 bits per heavy atom. The fourth-order valence-corrected chi connectivity index (χ4v) is 1.97. The number of piperidine rings is 1. The molecule has 1 aliphatic rings. The van der Waals surface area contributed by atoms with Gasteiger partial charge in [-0.2, -0.15) is 0 Å². The van der Waals surface area contributed by atoms with Gasteiger partial charge in [0.2, 0.25) is 5.91 Å². The Morgan fingerprint density at radius 2 is 2.45 bits per heavy atom. The number of amides is 2. The molecule has 104 valence electrons. The molecule has 1 aliphatic heterocycles. The van der Waals surface area contributed by atoms with E-state index >= 15 is 0 Å². The van der Waals surface area contributed by atoms with Crippen LogP contribution in [0.15, 0.2) is 18.3 Å². The second-order valence-electron chi connectivity index (χ2n) is 4.36. The topological polar surface area (TPSA) is 97.1 Å². The van der Waals surface area contributed by atoms with E-state index < -0.39 is 11.9 Å². The molecule has 2 amide bonds. The molecule has 2 rings (SSSR count). The molecule has 1 saturated heterocycles. The van der Waals surface area contributed by atoms with E-state index in [2.05, 4.69) is 27.5 Å². The second-order valence-corrected chi connectivity index (χ2v) is 4.36. The number of rotatable bonds is 2. The molecule has 1 aromatic heterocycles. The lowest BCUT2D eigenvalue weighted by Crippen LogP contribution is -2.50. The molecule has 0 saturated carbocycles. The van der Waals surface area contributed by atoms with Crippen LogP contribution in [0.3, 0.4) is 0 Å². The van der Waals surface area contributed by atoms with Crippen molar-refractivity contribution < 1.29 is 9.59 Å². The number of aromatic nitrogens is 1. The Labute approximate surface area is 117 Å². The van der Waals surface area contributed by atoms with Crippen molar-refractivity contribution in [2.24, 2.45) is 5.73 Å². The molecular formula is C14H16N4O2. The summed E-state index contributed by atoms with van der Waals surface area (Å²) in [5.74, 6) is 4.94. The third-order valence-corrected chi connectivity index (χ3v) is 2.94. The maximum absolute atomic E-state index is 12.2. The summed E-state index contributed by atoms with van der Waals surface area (Å²) in [6.45, 7) is 0.864. The number of nitrogens with two attached hydrogens (primary N) is 1. The molecule has 1 fully saturated rings. The van der Waals surface area contributed by atoms with Crippen molar-refractivity contribution in [1.29, 1.82) is 0 Å². The summed E-state index contributed by atoms with van der Waals surface area (Å²) < 4.78 is 0. The molecule has 0 bridgehead atoms. The number of hydrogen-bond donors (Lipinski definition) is 3. The van der Waals surface area contributed by atoms with Crippen molar-refractivity contribution in [3.63, 3.8) is 0 Å². The van der Waals surface area contributed by atoms with E-state index in [1.54, 1.807) is 12.1 Å². The number of carbonyl (C=O) groups is 2. The van der Waals surface area contributed by atoms with Crippen LogP contribution < -0.4 is 16.4 Å². The zero-order chi connectivity index (χ0) is 14.4. The van der Waals surface area contributed by atoms with Crippen LogP contribution in [0.5, 0.6) is 0 Å². The highest BCUT2D eigenvalue weighted by molar-refractivity contribution is 5.98. The third kappa shape index (κ3) is 3.33. The van der Waals surface area contributed by atoms with Crippen LogP contribution in [-0.2, 0) is 4.79 Å². The van der Waals surface area contributed by atoms with Crippen molar-refractivity contribution in [3.05, 3.63) is 29.6 Å². The van der Waals surface area contributed by atoms with Crippen LogP contribution in [0, 0.1) is 11.8 Å². The van der Waals surface area contributed by atoms with E-state index in [1.807, 2.05) is 0 Å². The zero-order valence-corrected chi connectivity index (χ0v) is 11.0. The highest BCUT2D eigenvalue weighted by Gasteiger charge is 2.25. The average molecular weight is 272 g/mol. The van der Waals surface area contributed by atoms with Crippen molar-refractivity contribution in [1.82, 2.24) is 15.6 Å². The largest absolute Gasteiger partial charge is 0.354 e. The SMILES string of the molecule is NCC#Cc1cccnc1C(=O)NC1CCCNC1=O. The maximum Gasteiger partial charge on any atom is 0.271 e. The summed E-state index contributed by atoms with van der Waals surface area (Å²) in [5.41, 5.74) is 6.04. The Bertz CT molecular complexity index is 574. The maximum atomic E-state index is 12.2. The Morgan fingerprint density at radius 3 is 3.20 bits per heavy atom. The molecule has 2 heterocycles. The van der Waals surface area contributed by atoms with Gasteiger partial charge in [-0.25, -0.2) is 4.98 Å². The van der Waals surface area contributed by atoms with Gasteiger partial charge in [0, 0.05) is 12.7 Å². The Hall–Kier alpha value is -2.39. The van der Waals surface area contributed by atoms with Gasteiger partial charge in [0.05, 0.1) is 12.1 Å². The molecule has 0 spiro atoms. The molecule has 6 heteroatoms. The van der Waals surface area contributed by atoms with Gasteiger partial charge in [-0.3, -0.25) is 9.59 Å². The van der Waals surface area contributed by atoms with Crippen molar-refractivity contribution >= 4 is 11.8 Å². The monoisotopic (exact) mass is 272 g/mol. The summed E-state index contributed by atoms with van der Waals surface area (Å²) in [7, 11) is 0. The van der Waals surface area contributed by atoms with Crippen LogP contribution >= 0.6 is 0 Å². The van der Waals surface area contributed by atoms with E-state index in [0.717, 1.165) is 6.42 Å². The van der Waals surface area contributed by atoms with E-state index in [4.69, 9.17) is 5.73 Å². The molecule has 1 aromatic rings. The third-order valence-electron chi connectivity index (χ3n) is 2.94. The zero-order valence-electron chi connectivity index (χ0n) is 11.0. The predicted octanol–water partition coefficient (Wildman–Crippen LogP) is -0.600. The molecule has 20 heavy (non-hydrogen) atoms. The smallest absolute Gasteiger partial charge is 0.271 e. The summed E-state index contributed by atoms with van der Waals surface area (Å²) in [5, 5.41) is 5.41. The molecule has 0 aromatic carbocycles. The lowest BCUT2D eigenvalue weighted by Gasteiger charge is -2.22. The van der Waals surface area contributed by atoms with Gasteiger partial charge in [0.25, 0.3) is 5.91 Å². The van der Waals surface area contributed by atoms with Gasteiger partial charge in [0.1, 0.15) is 11.7 Å². The first kappa shape index (κ1) is 14.0. The quantitative estimate of drug-likeness (QED) is 0.626. The van der Waals surface area contributed by atoms with E-state index in [-0.39, 0.29) is 18.1 Å². The molecular weight excluding hydrogens is 256 g/mol. The lowest BCUT2D eigenvalue weighted by molar-refractivity contribution is -0.124. The normalized spacial score (nSPS) is 17.6. The number of carbonyl (C=O) groups excluding carboxylic acids is 2. The van der Waals surface area contributed by atoms with Gasteiger partial charge >= 0.3 is 0 Å². The minimum atomic E-state index is -0.506. The number of pyridine rings is 1. The highest BCUT2D eigenvalue weighted by atomic mass is 16.2. The summed E-state index contributed by atoms with van der Waals surface area (Å²) in [4.78, 5) is 27.9. The van der Waals surface area contributed by atoms with Gasteiger partial charge in [0.15, 0.2) is 0 Å². The van der Waals surface area contributed by atoms with Gasteiger partial charge in [-0.1, -0.05) is 11.8 Å². The lowest BCUT2D eigenvalue weighted by atomic mass is 10.1. The highest BCUT2D eigenvalue weighted by Crippen LogP contribution is 2.07. The summed E-state index contributed by atoms with van der Waals surface area (Å²) >= 11 is 0. The van der Waals surface area contributed by atoms with Crippen LogP contribution in [0.2, 0.25) is 0 Å². The fraction of sp³-hybridized carbons (Fsp3) is 0.357. The Balaban J connectivity index is 2.14. The number of nitrogens with one attached hydrogen (secondary N) is 2. The van der Waals surface area contributed by atoms with Crippen LogP contribution in [0.4, 0.5) is 0 Å². The first-order valence-electron chi connectivity index (χ1n) is 6.45. The number of hydrogen-bond acceptors (Lipinski definition) is 4. The van der Waals surface area contributed by atoms with Crippen LogP contribution in [0.25, 0.3) is 0 Å². The van der Waals surface area contributed by atoms with Crippen LogP contribution in [-0.4, -0.2) is 35.9 Å². The molecule has 4 N–H and O–H groups in total. The first-order chi connectivity index (χ1) is 9.72. The Kier molecular flexibility index (Phi) is 4.69. The van der Waals surface area contributed by atoms with Gasteiger partial charge in [-0.15, -0.1) is 0 Å². The van der Waals surface area contributed by atoms with Gasteiger partial charge < -0.3 is 16.4 Å². The summed E-state index contributed by atoms with van der Waals surface area (Å²) in [6, 6.07) is 2.89. The van der Waals surface area contributed by atoms with E-state index in [1.165, 1.54) is 6.20 Å². The molecule has 0 radical (unpaired) electrons. The molecule has 1 unspecified atom stereocenters. The van der Waals surface area contributed by atoms with E-state index in [9.17, 15) is 9.59 Å². The summed E-state index contributed by atoms with van der Waals surface area (Å²) in [6.07, 6.45) is 3.00. The predicted molar refractivity (Wildman–Crippen MR) is 73.7 cm³/mol. The van der Waals surface area contributed by atoms with Gasteiger partial charge in [-0.05, 0) is 25.0 Å². The second kappa shape index (κ2) is 6.68. The van der Waals surface area contributed by atoms with Crippen LogP contribution in [0.1, 0.15) is 28.9 Å². The van der Waals surface area contributed by atoms with E-state index in [0.29, 0.717) is 18.5 Å². The minimum absolute atomic E-state index is 0.157. The molecule has 0 aliphatic carbocycles. The molecule has 1 atom stereocenters. The van der Waals surface area contributed by atoms with Crippen molar-refractivity contribution in [2.45, 2.75) is 18.9 Å². The molecule has 6 nitrogen and oxygen atoms in total. The van der Waals surface area contributed by atoms with Crippen molar-refractivity contribution in [2.75, 3.05) is 13.1 Å². The van der Waals surface area contributed by atoms with Crippen molar-refractivity contribution in [3.8, 4) is 11.8 Å². The minimum Gasteiger partial charge on any atom is -0.354 e.